The van der Waals surface area contributed by atoms with Gasteiger partial charge in [-0.25, -0.2) is 9.67 Å². The highest BCUT2D eigenvalue weighted by Gasteiger charge is 2.30. The van der Waals surface area contributed by atoms with Gasteiger partial charge >= 0.3 is 0 Å². The number of amides is 1. The number of hydrogen-bond acceptors (Lipinski definition) is 5. The monoisotopic (exact) mass is 419 g/mol. The number of carbonyl (C=O) groups is 1. The van der Waals surface area contributed by atoms with Crippen molar-refractivity contribution in [3.05, 3.63) is 60.4 Å². The minimum absolute atomic E-state index is 0.0436. The largest absolute Gasteiger partial charge is 0.372 e. The Kier molecular flexibility index (Phi) is 5.45. The van der Waals surface area contributed by atoms with Crippen molar-refractivity contribution in [3.63, 3.8) is 0 Å². The van der Waals surface area contributed by atoms with E-state index in [0.29, 0.717) is 11.1 Å². The van der Waals surface area contributed by atoms with Crippen molar-refractivity contribution in [1.82, 2.24) is 14.8 Å². The molecule has 2 aromatic carbocycles. The summed E-state index contributed by atoms with van der Waals surface area (Å²) < 4.78 is 1.93. The molecular weight excluding hydrogens is 394 g/mol. The number of aromatic nitrogens is 3. The molecule has 1 aliphatic carbocycles. The number of anilines is 2. The molecule has 2 fully saturated rings. The topological polar surface area (TPSA) is 63.1 Å². The molecule has 1 N–H and O–H groups in total. The number of nitrogens with one attached hydrogen (secondary N) is 1. The van der Waals surface area contributed by atoms with E-state index in [1.165, 1.54) is 30.3 Å². The highest BCUT2D eigenvalue weighted by Crippen LogP contribution is 2.40. The van der Waals surface area contributed by atoms with Gasteiger partial charge in [-0.2, -0.15) is 0 Å². The maximum absolute atomic E-state index is 12.4. The van der Waals surface area contributed by atoms with Crippen LogP contribution in [-0.4, -0.2) is 39.5 Å². The number of nitrogens with zero attached hydrogens (tertiary/aromatic N) is 4. The van der Waals surface area contributed by atoms with Crippen LogP contribution in [0, 0.1) is 0 Å². The fourth-order valence-corrected chi connectivity index (χ4v) is 4.42. The van der Waals surface area contributed by atoms with Gasteiger partial charge in [-0.05, 0) is 62.1 Å². The number of benzene rings is 2. The molecule has 0 atom stereocenters. The summed E-state index contributed by atoms with van der Waals surface area (Å²) in [5.41, 5.74) is 3.06. The molecule has 0 radical (unpaired) electrons. The second kappa shape index (κ2) is 8.52. The zero-order valence-corrected chi connectivity index (χ0v) is 17.6. The maximum Gasteiger partial charge on any atom is 0.234 e. The van der Waals surface area contributed by atoms with Gasteiger partial charge in [0.1, 0.15) is 5.82 Å². The van der Waals surface area contributed by atoms with Crippen LogP contribution in [0.3, 0.4) is 0 Å². The van der Waals surface area contributed by atoms with Crippen molar-refractivity contribution < 1.29 is 4.79 Å². The van der Waals surface area contributed by atoms with Crippen molar-refractivity contribution >= 4 is 29.0 Å². The molecule has 2 heterocycles. The van der Waals surface area contributed by atoms with Gasteiger partial charge in [0.2, 0.25) is 11.1 Å². The molecular formula is C23H25N5OS. The van der Waals surface area contributed by atoms with Crippen LogP contribution in [0.1, 0.15) is 37.4 Å². The van der Waals surface area contributed by atoms with Gasteiger partial charge in [-0.3, -0.25) is 4.79 Å². The number of rotatable bonds is 7. The van der Waals surface area contributed by atoms with Gasteiger partial charge in [0.25, 0.3) is 0 Å². The highest BCUT2D eigenvalue weighted by atomic mass is 32.2. The average molecular weight is 420 g/mol. The first-order valence-electron chi connectivity index (χ1n) is 10.6. The van der Waals surface area contributed by atoms with Crippen LogP contribution in [0.5, 0.6) is 0 Å². The first kappa shape index (κ1) is 19.2. The summed E-state index contributed by atoms with van der Waals surface area (Å²) in [5.74, 6) is 1.73. The molecule has 1 amide bonds. The molecule has 1 saturated carbocycles. The summed E-state index contributed by atoms with van der Waals surface area (Å²) >= 11 is 1.38. The standard InChI is InChI=1S/C23H25N5OS/c29-21(24-18-10-12-19(13-11-18)27-14-4-5-15-27)16-30-23-25-22(17-8-9-17)28(26-23)20-6-2-1-3-7-20/h1-3,6-7,10-13,17H,4-5,8-9,14-16H2,(H,24,29). The highest BCUT2D eigenvalue weighted by molar-refractivity contribution is 7.99. The lowest BCUT2D eigenvalue weighted by Crippen LogP contribution is -2.18. The zero-order valence-electron chi connectivity index (χ0n) is 16.8. The van der Waals surface area contributed by atoms with E-state index < -0.39 is 0 Å². The summed E-state index contributed by atoms with van der Waals surface area (Å²) in [4.78, 5) is 19.5. The quantitative estimate of drug-likeness (QED) is 0.572. The van der Waals surface area contributed by atoms with Gasteiger partial charge in [-0.15, -0.1) is 5.10 Å². The Morgan fingerprint density at radius 3 is 2.43 bits per heavy atom. The van der Waals surface area contributed by atoms with Gasteiger partial charge < -0.3 is 10.2 Å². The van der Waals surface area contributed by atoms with Crippen LogP contribution in [0.15, 0.2) is 59.8 Å². The second-order valence-electron chi connectivity index (χ2n) is 7.85. The maximum atomic E-state index is 12.4. The summed E-state index contributed by atoms with van der Waals surface area (Å²) in [6, 6.07) is 18.2. The Morgan fingerprint density at radius 1 is 1.00 bits per heavy atom. The molecule has 3 aromatic rings. The predicted octanol–water partition coefficient (Wildman–Crippen LogP) is 4.48. The number of thioether (sulfide) groups is 1. The molecule has 6 nitrogen and oxygen atoms in total. The van der Waals surface area contributed by atoms with Crippen molar-refractivity contribution in [2.45, 2.75) is 36.8 Å². The van der Waals surface area contributed by atoms with E-state index in [2.05, 4.69) is 27.4 Å². The van der Waals surface area contributed by atoms with Crippen molar-refractivity contribution in [2.75, 3.05) is 29.1 Å². The number of hydrogen-bond donors (Lipinski definition) is 1. The van der Waals surface area contributed by atoms with Gasteiger partial charge in [-0.1, -0.05) is 30.0 Å². The lowest BCUT2D eigenvalue weighted by molar-refractivity contribution is -0.113. The first-order valence-corrected chi connectivity index (χ1v) is 11.5. The van der Waals surface area contributed by atoms with Crippen molar-refractivity contribution in [2.24, 2.45) is 0 Å². The van der Waals surface area contributed by atoms with E-state index in [1.807, 2.05) is 47.1 Å². The first-order chi connectivity index (χ1) is 14.8. The smallest absolute Gasteiger partial charge is 0.234 e. The molecule has 1 aromatic heterocycles. The van der Waals surface area contributed by atoms with E-state index in [4.69, 9.17) is 4.98 Å². The molecule has 154 valence electrons. The third-order valence-corrected chi connectivity index (χ3v) is 6.35. The number of carbonyl (C=O) groups excluding carboxylic acids is 1. The minimum Gasteiger partial charge on any atom is -0.372 e. The van der Waals surface area contributed by atoms with Crippen LogP contribution >= 0.6 is 11.8 Å². The van der Waals surface area contributed by atoms with Crippen molar-refractivity contribution in [3.8, 4) is 5.69 Å². The van der Waals surface area contributed by atoms with E-state index in [1.54, 1.807) is 0 Å². The Morgan fingerprint density at radius 2 is 1.73 bits per heavy atom. The SMILES string of the molecule is O=C(CSc1nc(C2CC2)n(-c2ccccc2)n1)Nc1ccc(N2CCCC2)cc1. The Labute approximate surface area is 180 Å². The van der Waals surface area contributed by atoms with E-state index in [-0.39, 0.29) is 11.7 Å². The number of para-hydroxylation sites is 1. The van der Waals surface area contributed by atoms with E-state index in [0.717, 1.165) is 43.1 Å². The van der Waals surface area contributed by atoms with Crippen molar-refractivity contribution in [1.29, 1.82) is 0 Å². The molecule has 1 saturated heterocycles. The zero-order chi connectivity index (χ0) is 20.3. The minimum atomic E-state index is -0.0436. The summed E-state index contributed by atoms with van der Waals surface area (Å²) in [6.07, 6.45) is 4.82. The van der Waals surface area contributed by atoms with Gasteiger partial charge in [0.15, 0.2) is 0 Å². The lowest BCUT2D eigenvalue weighted by atomic mass is 10.2. The summed E-state index contributed by atoms with van der Waals surface area (Å²) in [6.45, 7) is 2.24. The fraction of sp³-hybridized carbons (Fsp3) is 0.348. The molecule has 5 rings (SSSR count). The predicted molar refractivity (Wildman–Crippen MR) is 121 cm³/mol. The molecule has 2 aliphatic rings. The van der Waals surface area contributed by atoms with Crippen LogP contribution < -0.4 is 10.2 Å². The van der Waals surface area contributed by atoms with Gasteiger partial charge in [0.05, 0.1) is 11.4 Å². The van der Waals surface area contributed by atoms with Gasteiger partial charge in [0, 0.05) is 30.4 Å². The lowest BCUT2D eigenvalue weighted by Gasteiger charge is -2.17. The van der Waals surface area contributed by atoms with Crippen LogP contribution in [0.4, 0.5) is 11.4 Å². The Bertz CT molecular complexity index is 1010. The van der Waals surface area contributed by atoms with Crippen LogP contribution in [0.2, 0.25) is 0 Å². The third-order valence-electron chi connectivity index (χ3n) is 5.51. The summed E-state index contributed by atoms with van der Waals surface area (Å²) in [5, 5.41) is 8.29. The molecule has 30 heavy (non-hydrogen) atoms. The molecule has 0 bridgehead atoms. The van der Waals surface area contributed by atoms with E-state index >= 15 is 0 Å². The Balaban J connectivity index is 1.20. The normalized spacial score (nSPS) is 16.1. The molecule has 0 unspecified atom stereocenters. The fourth-order valence-electron chi connectivity index (χ4n) is 3.79. The van der Waals surface area contributed by atoms with E-state index in [9.17, 15) is 4.79 Å². The third kappa shape index (κ3) is 4.36. The molecule has 0 spiro atoms. The van der Waals surface area contributed by atoms with Crippen LogP contribution in [-0.2, 0) is 4.79 Å². The van der Waals surface area contributed by atoms with Crippen LogP contribution in [0.25, 0.3) is 5.69 Å². The molecule has 1 aliphatic heterocycles. The Hall–Kier alpha value is -2.80. The second-order valence-corrected chi connectivity index (χ2v) is 8.79. The summed E-state index contributed by atoms with van der Waals surface area (Å²) in [7, 11) is 0. The average Bonchev–Trinajstić information content (AvgIpc) is 3.30. The molecule has 7 heteroatoms.